The molecule has 1 atom stereocenters. The third-order valence-corrected chi connectivity index (χ3v) is 8.32. The lowest BCUT2D eigenvalue weighted by atomic mass is 9.75. The molecule has 2 aliphatic carbocycles. The number of rotatable bonds is 11. The van der Waals surface area contributed by atoms with E-state index in [1.165, 1.54) is 45.4 Å². The summed E-state index contributed by atoms with van der Waals surface area (Å²) in [6.07, 6.45) is 24.9. The molecule has 0 saturated carbocycles. The maximum atomic E-state index is 4.33. The zero-order valence-corrected chi connectivity index (χ0v) is 25.4. The predicted octanol–water partition coefficient (Wildman–Crippen LogP) is 11.9. The Bertz CT molecular complexity index is 1540. The van der Waals surface area contributed by atoms with Gasteiger partial charge >= 0.3 is 0 Å². The summed E-state index contributed by atoms with van der Waals surface area (Å²) in [4.78, 5) is 0. The number of hydrogen-bond donors (Lipinski definition) is 0. The monoisotopic (exact) mass is 548 g/mol. The molecule has 0 radical (unpaired) electrons. The van der Waals surface area contributed by atoms with Gasteiger partial charge in [-0.25, -0.2) is 0 Å². The summed E-state index contributed by atoms with van der Waals surface area (Å²) in [5.41, 5.74) is 13.0. The van der Waals surface area contributed by atoms with E-state index in [0.717, 1.165) is 48.0 Å². The van der Waals surface area contributed by atoms with Crippen molar-refractivity contribution in [3.8, 4) is 0 Å². The molecule has 2 aliphatic rings. The summed E-state index contributed by atoms with van der Waals surface area (Å²) in [5.74, 6) is 0.343. The van der Waals surface area contributed by atoms with Gasteiger partial charge < -0.3 is 0 Å². The normalized spacial score (nSPS) is 18.9. The average Bonchev–Trinajstić information content (AvgIpc) is 3.06. The minimum Gasteiger partial charge on any atom is -0.0984 e. The lowest BCUT2D eigenvalue weighted by molar-refractivity contribution is 0.630. The van der Waals surface area contributed by atoms with E-state index in [0.29, 0.717) is 5.92 Å². The van der Waals surface area contributed by atoms with Crippen molar-refractivity contribution < 1.29 is 0 Å². The summed E-state index contributed by atoms with van der Waals surface area (Å²) in [5, 5.41) is 0. The number of hydrogen-bond acceptors (Lipinski definition) is 0. The number of allylic oxidation sites excluding steroid dienone is 18. The van der Waals surface area contributed by atoms with E-state index in [4.69, 9.17) is 0 Å². The first-order valence-electron chi connectivity index (χ1n) is 15.2. The molecule has 0 fully saturated rings. The molecule has 212 valence electrons. The molecular formula is C42H44. The Labute approximate surface area is 254 Å². The SMILES string of the molecule is C=C/C(C1=CCCC=C1\C(C=C)=C(C=C)/C(=C/C)C(=C\C)/c1ccccc1)=C(\C=C)C1=CCCCC1c1ccccc1. The number of benzene rings is 2. The Morgan fingerprint density at radius 3 is 1.79 bits per heavy atom. The zero-order valence-electron chi connectivity index (χ0n) is 25.4. The highest BCUT2D eigenvalue weighted by Crippen LogP contribution is 2.44. The average molecular weight is 549 g/mol. The molecule has 42 heavy (non-hydrogen) atoms. The minimum atomic E-state index is 0.343. The van der Waals surface area contributed by atoms with Gasteiger partial charge in [0.15, 0.2) is 0 Å². The van der Waals surface area contributed by atoms with Gasteiger partial charge in [0.1, 0.15) is 0 Å². The van der Waals surface area contributed by atoms with Gasteiger partial charge in [-0.3, -0.25) is 0 Å². The fraction of sp³-hybridized carbons (Fsp3) is 0.190. The Morgan fingerprint density at radius 1 is 0.643 bits per heavy atom. The van der Waals surface area contributed by atoms with Crippen LogP contribution in [0.15, 0.2) is 186 Å². The first-order valence-corrected chi connectivity index (χ1v) is 15.2. The summed E-state index contributed by atoms with van der Waals surface area (Å²) < 4.78 is 0. The second-order valence-electron chi connectivity index (χ2n) is 10.6. The largest absolute Gasteiger partial charge is 0.0984 e. The fourth-order valence-electron chi connectivity index (χ4n) is 6.42. The van der Waals surface area contributed by atoms with Crippen LogP contribution in [0.1, 0.15) is 63.0 Å². The van der Waals surface area contributed by atoms with Gasteiger partial charge in [-0.2, -0.15) is 0 Å². The van der Waals surface area contributed by atoms with Crippen LogP contribution in [0.2, 0.25) is 0 Å². The molecule has 0 spiro atoms. The molecule has 0 amide bonds. The van der Waals surface area contributed by atoms with Crippen LogP contribution >= 0.6 is 0 Å². The molecule has 0 nitrogen and oxygen atoms in total. The van der Waals surface area contributed by atoms with E-state index in [9.17, 15) is 0 Å². The molecular weight excluding hydrogens is 504 g/mol. The van der Waals surface area contributed by atoms with Gasteiger partial charge in [0.25, 0.3) is 0 Å². The van der Waals surface area contributed by atoms with Gasteiger partial charge in [0, 0.05) is 5.92 Å². The van der Waals surface area contributed by atoms with Gasteiger partial charge in [-0.05, 0) is 107 Å². The molecule has 0 aliphatic heterocycles. The summed E-state index contributed by atoms with van der Waals surface area (Å²) in [6, 6.07) is 21.4. The summed E-state index contributed by atoms with van der Waals surface area (Å²) in [7, 11) is 0. The van der Waals surface area contributed by atoms with E-state index < -0.39 is 0 Å². The topological polar surface area (TPSA) is 0 Å². The Kier molecular flexibility index (Phi) is 10.9. The minimum absolute atomic E-state index is 0.343. The predicted molar refractivity (Wildman–Crippen MR) is 185 cm³/mol. The van der Waals surface area contributed by atoms with Crippen molar-refractivity contribution in [2.75, 3.05) is 0 Å². The van der Waals surface area contributed by atoms with Crippen molar-refractivity contribution in [3.05, 3.63) is 197 Å². The van der Waals surface area contributed by atoms with E-state index in [2.05, 4.69) is 131 Å². The maximum Gasteiger partial charge on any atom is 0.00924 e. The maximum absolute atomic E-state index is 4.33. The van der Waals surface area contributed by atoms with Crippen LogP contribution < -0.4 is 0 Å². The van der Waals surface area contributed by atoms with Crippen molar-refractivity contribution in [2.24, 2.45) is 0 Å². The Hall–Kier alpha value is -4.42. The Balaban J connectivity index is 1.88. The second-order valence-corrected chi connectivity index (χ2v) is 10.6. The van der Waals surface area contributed by atoms with Crippen molar-refractivity contribution in [1.29, 1.82) is 0 Å². The van der Waals surface area contributed by atoms with E-state index >= 15 is 0 Å². The van der Waals surface area contributed by atoms with E-state index in [-0.39, 0.29) is 0 Å². The molecule has 0 N–H and O–H groups in total. The smallest absolute Gasteiger partial charge is 0.00924 e. The van der Waals surface area contributed by atoms with Crippen LogP contribution in [0.4, 0.5) is 0 Å². The molecule has 0 heteroatoms. The fourth-order valence-corrected chi connectivity index (χ4v) is 6.42. The van der Waals surface area contributed by atoms with Crippen molar-refractivity contribution in [3.63, 3.8) is 0 Å². The lowest BCUT2D eigenvalue weighted by Crippen LogP contribution is -2.11. The van der Waals surface area contributed by atoms with Crippen molar-refractivity contribution in [2.45, 2.75) is 51.9 Å². The van der Waals surface area contributed by atoms with Gasteiger partial charge in [0.2, 0.25) is 0 Å². The van der Waals surface area contributed by atoms with Gasteiger partial charge in [-0.1, -0.05) is 142 Å². The van der Waals surface area contributed by atoms with Crippen LogP contribution in [-0.2, 0) is 0 Å². The van der Waals surface area contributed by atoms with Gasteiger partial charge in [-0.15, -0.1) is 0 Å². The molecule has 0 heterocycles. The third kappa shape index (κ3) is 6.39. The van der Waals surface area contributed by atoms with E-state index in [1.54, 1.807) is 0 Å². The van der Waals surface area contributed by atoms with Crippen LogP contribution in [0.5, 0.6) is 0 Å². The van der Waals surface area contributed by atoms with E-state index in [1.807, 2.05) is 24.3 Å². The molecule has 2 aromatic carbocycles. The third-order valence-electron chi connectivity index (χ3n) is 8.32. The highest BCUT2D eigenvalue weighted by Gasteiger charge is 2.26. The van der Waals surface area contributed by atoms with Crippen LogP contribution in [0.25, 0.3) is 5.57 Å². The molecule has 2 aromatic rings. The van der Waals surface area contributed by atoms with Gasteiger partial charge in [0.05, 0.1) is 0 Å². The lowest BCUT2D eigenvalue weighted by Gasteiger charge is -2.29. The zero-order chi connectivity index (χ0) is 29.9. The van der Waals surface area contributed by atoms with Crippen LogP contribution in [0.3, 0.4) is 0 Å². The summed E-state index contributed by atoms with van der Waals surface area (Å²) >= 11 is 0. The van der Waals surface area contributed by atoms with Crippen LogP contribution in [0, 0.1) is 0 Å². The molecule has 1 unspecified atom stereocenters. The van der Waals surface area contributed by atoms with Crippen LogP contribution in [-0.4, -0.2) is 0 Å². The quantitative estimate of drug-likeness (QED) is 0.245. The first kappa shape index (κ1) is 30.5. The molecule has 0 saturated heterocycles. The molecule has 4 rings (SSSR count). The highest BCUT2D eigenvalue weighted by atomic mass is 14.3. The standard InChI is InChI=1S/C42H44/c1-7-33(31-23-15-13-16-24-31)34(8-2)35(9-3)36(10-4)41-29-21-22-30-42(41)38(12-6)37(11-5)40-28-20-19-27-39(40)32-25-17-14-18-26-32/h7-18,23-26,28-30,39H,3-6,19-22,27H2,1-2H3/b33-7-,34-8+,36-35-,38-37-. The summed E-state index contributed by atoms with van der Waals surface area (Å²) in [6.45, 7) is 21.4. The van der Waals surface area contributed by atoms with Crippen molar-refractivity contribution in [1.82, 2.24) is 0 Å². The molecule has 0 aromatic heterocycles. The van der Waals surface area contributed by atoms with Crippen molar-refractivity contribution >= 4 is 5.57 Å². The molecule has 0 bridgehead atoms. The first-order chi connectivity index (χ1) is 20.6. The highest BCUT2D eigenvalue weighted by molar-refractivity contribution is 5.86. The second kappa shape index (κ2) is 15.0. The Morgan fingerprint density at radius 2 is 1.24 bits per heavy atom.